The van der Waals surface area contributed by atoms with E-state index in [-0.39, 0.29) is 16.8 Å². The zero-order chi connectivity index (χ0) is 16.5. The molecule has 0 bridgehead atoms. The van der Waals surface area contributed by atoms with Gasteiger partial charge in [0.25, 0.3) is 0 Å². The Hall–Kier alpha value is -1.02. The van der Waals surface area contributed by atoms with Gasteiger partial charge in [0.2, 0.25) is 10.0 Å². The van der Waals surface area contributed by atoms with E-state index in [1.165, 1.54) is 4.31 Å². The Morgan fingerprint density at radius 1 is 1.43 bits per heavy atom. The van der Waals surface area contributed by atoms with Gasteiger partial charge in [-0.2, -0.15) is 4.31 Å². The monoisotopic (exact) mass is 340 g/mol. The maximum Gasteiger partial charge on any atom is 0.216 e. The van der Waals surface area contributed by atoms with Gasteiger partial charge in [0.1, 0.15) is 5.60 Å². The summed E-state index contributed by atoms with van der Waals surface area (Å²) in [6.07, 6.45) is 2.66. The summed E-state index contributed by atoms with van der Waals surface area (Å²) in [5.74, 6) is 0.241. The van der Waals surface area contributed by atoms with Crippen LogP contribution < -0.4 is 0 Å². The minimum Gasteiger partial charge on any atom is -0.375 e. The second-order valence-corrected chi connectivity index (χ2v) is 9.09. The second kappa shape index (κ2) is 6.47. The maximum atomic E-state index is 12.2. The summed E-state index contributed by atoms with van der Waals surface area (Å²) < 4.78 is 37.6. The van der Waals surface area contributed by atoms with Crippen LogP contribution in [0.15, 0.2) is 24.4 Å². The van der Waals surface area contributed by atoms with Crippen LogP contribution in [0.2, 0.25) is 0 Å². The van der Waals surface area contributed by atoms with Crippen LogP contribution in [0.25, 0.3) is 0 Å². The van der Waals surface area contributed by atoms with Gasteiger partial charge in [-0.15, -0.1) is 0 Å². The van der Waals surface area contributed by atoms with Crippen molar-refractivity contribution in [2.75, 3.05) is 26.3 Å². The van der Waals surface area contributed by atoms with Crippen molar-refractivity contribution in [1.29, 1.82) is 0 Å². The molecule has 7 heteroatoms. The molecule has 2 fully saturated rings. The van der Waals surface area contributed by atoms with E-state index in [0.29, 0.717) is 32.9 Å². The number of hydrogen-bond donors (Lipinski definition) is 0. The summed E-state index contributed by atoms with van der Waals surface area (Å²) in [6, 6.07) is 5.75. The van der Waals surface area contributed by atoms with Crippen LogP contribution in [0.5, 0.6) is 0 Å². The second-order valence-electron chi connectivity index (χ2n) is 6.60. The van der Waals surface area contributed by atoms with Crippen molar-refractivity contribution in [2.45, 2.75) is 37.7 Å². The average molecular weight is 340 g/mol. The van der Waals surface area contributed by atoms with E-state index in [4.69, 9.17) is 9.47 Å². The van der Waals surface area contributed by atoms with Gasteiger partial charge < -0.3 is 9.47 Å². The lowest BCUT2D eigenvalue weighted by Gasteiger charge is -2.49. The lowest BCUT2D eigenvalue weighted by molar-refractivity contribution is -0.115. The first-order valence-electron chi connectivity index (χ1n) is 8.05. The van der Waals surface area contributed by atoms with Crippen molar-refractivity contribution in [3.05, 3.63) is 30.1 Å². The Morgan fingerprint density at radius 3 is 2.87 bits per heavy atom. The molecule has 128 valence electrons. The van der Waals surface area contributed by atoms with E-state index in [0.717, 1.165) is 12.1 Å². The van der Waals surface area contributed by atoms with Gasteiger partial charge in [-0.25, -0.2) is 8.42 Å². The summed E-state index contributed by atoms with van der Waals surface area (Å²) in [5.41, 5.74) is 0.546. The normalized spacial score (nSPS) is 24.2. The van der Waals surface area contributed by atoms with Gasteiger partial charge in [-0.3, -0.25) is 4.98 Å². The smallest absolute Gasteiger partial charge is 0.216 e. The molecule has 0 unspecified atom stereocenters. The molecule has 0 radical (unpaired) electrons. The highest BCUT2D eigenvalue weighted by Gasteiger charge is 2.56. The molecular weight excluding hydrogens is 316 g/mol. The molecule has 0 aromatic carbocycles. The Bertz CT molecular complexity index is 627. The Labute approximate surface area is 137 Å². The first-order chi connectivity index (χ1) is 10.9. The van der Waals surface area contributed by atoms with Crippen molar-refractivity contribution in [2.24, 2.45) is 5.92 Å². The zero-order valence-corrected chi connectivity index (χ0v) is 14.5. The first-order valence-corrected chi connectivity index (χ1v) is 9.55. The van der Waals surface area contributed by atoms with E-state index < -0.39 is 10.0 Å². The first kappa shape index (κ1) is 16.8. The Morgan fingerprint density at radius 2 is 2.22 bits per heavy atom. The predicted molar refractivity (Wildman–Crippen MR) is 86.3 cm³/mol. The number of rotatable bonds is 6. The number of ether oxygens (including phenoxy) is 2. The molecular formula is C16H24N2O4S. The van der Waals surface area contributed by atoms with E-state index in [2.05, 4.69) is 4.98 Å². The molecule has 1 aromatic rings. The lowest BCUT2D eigenvalue weighted by Crippen LogP contribution is -2.67. The molecule has 0 N–H and O–H groups in total. The molecule has 0 amide bonds. The van der Waals surface area contributed by atoms with Crippen LogP contribution >= 0.6 is 0 Å². The highest BCUT2D eigenvalue weighted by molar-refractivity contribution is 7.89. The van der Waals surface area contributed by atoms with Crippen molar-refractivity contribution in [1.82, 2.24) is 9.29 Å². The van der Waals surface area contributed by atoms with Crippen molar-refractivity contribution in [3.8, 4) is 0 Å². The van der Waals surface area contributed by atoms with Crippen LogP contribution in [0, 0.1) is 5.92 Å². The van der Waals surface area contributed by atoms with Gasteiger partial charge >= 0.3 is 0 Å². The third-order valence-corrected chi connectivity index (χ3v) is 6.91. The van der Waals surface area contributed by atoms with Gasteiger partial charge in [0, 0.05) is 31.8 Å². The molecule has 23 heavy (non-hydrogen) atoms. The quantitative estimate of drug-likeness (QED) is 0.783. The van der Waals surface area contributed by atoms with Crippen LogP contribution in [-0.4, -0.2) is 54.9 Å². The number of sulfonamides is 1. The largest absolute Gasteiger partial charge is 0.375 e. The third kappa shape index (κ3) is 3.28. The molecule has 3 rings (SSSR count). The van der Waals surface area contributed by atoms with Crippen molar-refractivity contribution in [3.63, 3.8) is 0 Å². The molecule has 1 atom stereocenters. The fourth-order valence-electron chi connectivity index (χ4n) is 3.19. The standard InChI is InChI=1S/C16H24N2O4S/c1-13(2)23(19,20)18-11-16(12-18)14(6-8-22-16)9-21-10-15-5-3-4-7-17-15/h3-5,7,13-14H,6,8-12H2,1-2H3/t14-/m0/s1. The van der Waals surface area contributed by atoms with Crippen LogP contribution in [0.4, 0.5) is 0 Å². The van der Waals surface area contributed by atoms with Crippen molar-refractivity contribution < 1.29 is 17.9 Å². The van der Waals surface area contributed by atoms with E-state index in [9.17, 15) is 8.42 Å². The van der Waals surface area contributed by atoms with Crippen molar-refractivity contribution >= 4 is 10.0 Å². The number of pyridine rings is 1. The fourth-order valence-corrected chi connectivity index (χ4v) is 4.58. The summed E-state index contributed by atoms with van der Waals surface area (Å²) in [4.78, 5) is 4.23. The molecule has 2 saturated heterocycles. The summed E-state index contributed by atoms with van der Waals surface area (Å²) in [5, 5.41) is -0.389. The van der Waals surface area contributed by atoms with E-state index in [1.807, 2.05) is 18.2 Å². The Kier molecular flexibility index (Phi) is 4.73. The fraction of sp³-hybridized carbons (Fsp3) is 0.688. The minimum atomic E-state index is -3.19. The summed E-state index contributed by atoms with van der Waals surface area (Å²) >= 11 is 0. The predicted octanol–water partition coefficient (Wildman–Crippen LogP) is 1.43. The van der Waals surface area contributed by atoms with Crippen LogP contribution in [0.3, 0.4) is 0 Å². The SMILES string of the molecule is CC(C)S(=O)(=O)N1CC2(C1)OCC[C@H]2COCc1ccccn1. The summed E-state index contributed by atoms with van der Waals surface area (Å²) in [7, 11) is -3.19. The maximum absolute atomic E-state index is 12.2. The summed E-state index contributed by atoms with van der Waals surface area (Å²) in [6.45, 7) is 6.05. The highest BCUT2D eigenvalue weighted by atomic mass is 32.2. The zero-order valence-electron chi connectivity index (χ0n) is 13.6. The molecule has 2 aliphatic rings. The Balaban J connectivity index is 1.53. The molecule has 2 aliphatic heterocycles. The average Bonchev–Trinajstić information content (AvgIpc) is 2.90. The lowest BCUT2D eigenvalue weighted by atomic mass is 9.83. The van der Waals surface area contributed by atoms with Gasteiger partial charge in [0.15, 0.2) is 0 Å². The van der Waals surface area contributed by atoms with E-state index in [1.54, 1.807) is 20.0 Å². The van der Waals surface area contributed by atoms with Crippen LogP contribution in [0.1, 0.15) is 26.0 Å². The number of aromatic nitrogens is 1. The van der Waals surface area contributed by atoms with Gasteiger partial charge in [-0.1, -0.05) is 6.07 Å². The molecule has 3 heterocycles. The topological polar surface area (TPSA) is 68.7 Å². The van der Waals surface area contributed by atoms with Gasteiger partial charge in [0.05, 0.1) is 24.2 Å². The molecule has 1 aromatic heterocycles. The molecule has 1 spiro atoms. The minimum absolute atomic E-state index is 0.241. The molecule has 6 nitrogen and oxygen atoms in total. The highest BCUT2D eigenvalue weighted by Crippen LogP contribution is 2.41. The van der Waals surface area contributed by atoms with Gasteiger partial charge in [-0.05, 0) is 32.4 Å². The third-order valence-electron chi connectivity index (χ3n) is 4.74. The van der Waals surface area contributed by atoms with Crippen LogP contribution in [-0.2, 0) is 26.1 Å². The molecule has 0 saturated carbocycles. The number of nitrogens with zero attached hydrogens (tertiary/aromatic N) is 2. The molecule has 0 aliphatic carbocycles. The van der Waals surface area contributed by atoms with E-state index >= 15 is 0 Å². The number of hydrogen-bond acceptors (Lipinski definition) is 5.